The SMILES string of the molecule is CCCCCCCCc1ccc(CNC2CCN[C@@H]2C(=O)[P+](=O)O)cc1. The lowest BCUT2D eigenvalue weighted by molar-refractivity contribution is -0.114. The molecule has 1 aromatic carbocycles. The predicted octanol–water partition coefficient (Wildman–Crippen LogP) is 3.67. The fraction of sp³-hybridized carbons (Fsp3) is 0.650. The van der Waals surface area contributed by atoms with Gasteiger partial charge in [-0.25, -0.2) is 4.79 Å². The monoisotopic (exact) mass is 379 g/mol. The molecule has 0 spiro atoms. The fourth-order valence-electron chi connectivity index (χ4n) is 3.48. The molecule has 0 amide bonds. The fourth-order valence-corrected chi connectivity index (χ4v) is 3.99. The molecule has 5 nitrogen and oxygen atoms in total. The first-order chi connectivity index (χ1) is 12.6. The Hall–Kier alpha value is -1.13. The molecule has 1 aliphatic heterocycles. The first kappa shape index (κ1) is 21.2. The number of unbranched alkanes of at least 4 members (excludes halogenated alkanes) is 5. The van der Waals surface area contributed by atoms with Crippen LogP contribution in [0.4, 0.5) is 0 Å². The minimum Gasteiger partial charge on any atom is -0.308 e. The molecule has 2 rings (SSSR count). The molecule has 1 aromatic rings. The van der Waals surface area contributed by atoms with Crippen molar-refractivity contribution in [3.8, 4) is 0 Å². The molecule has 2 unspecified atom stereocenters. The molecular formula is C20H32N2O3P+. The van der Waals surface area contributed by atoms with Crippen molar-refractivity contribution in [2.24, 2.45) is 0 Å². The van der Waals surface area contributed by atoms with Gasteiger partial charge in [0.1, 0.15) is 6.04 Å². The topological polar surface area (TPSA) is 78.4 Å². The van der Waals surface area contributed by atoms with Gasteiger partial charge in [-0.3, -0.25) is 0 Å². The van der Waals surface area contributed by atoms with Crippen LogP contribution >= 0.6 is 8.03 Å². The van der Waals surface area contributed by atoms with Gasteiger partial charge < -0.3 is 10.6 Å². The van der Waals surface area contributed by atoms with Crippen molar-refractivity contribution in [1.29, 1.82) is 0 Å². The standard InChI is InChI=1S/C20H31N2O3P/c1-2-3-4-5-6-7-8-16-9-11-17(12-10-16)15-22-18-13-14-21-19(18)20(23)26(24)25/h9-12,18-19,21-22H,2-8,13-15H2,1H3/p+1/t18?,19-/m0/s1. The molecule has 1 heterocycles. The summed E-state index contributed by atoms with van der Waals surface area (Å²) in [4.78, 5) is 20.8. The van der Waals surface area contributed by atoms with Gasteiger partial charge in [0.15, 0.2) is 0 Å². The van der Waals surface area contributed by atoms with Crippen molar-refractivity contribution in [3.05, 3.63) is 35.4 Å². The van der Waals surface area contributed by atoms with Gasteiger partial charge in [-0.2, -0.15) is 4.89 Å². The van der Waals surface area contributed by atoms with Gasteiger partial charge in [-0.1, -0.05) is 63.3 Å². The molecule has 0 bridgehead atoms. The highest BCUT2D eigenvalue weighted by atomic mass is 31.1. The maximum Gasteiger partial charge on any atom is 0.586 e. The maximum atomic E-state index is 11.8. The van der Waals surface area contributed by atoms with Crippen LogP contribution in [0.3, 0.4) is 0 Å². The largest absolute Gasteiger partial charge is 0.586 e. The number of carbonyl (C=O) groups is 1. The predicted molar refractivity (Wildman–Crippen MR) is 105 cm³/mol. The number of rotatable bonds is 12. The van der Waals surface area contributed by atoms with Crippen LogP contribution < -0.4 is 10.6 Å². The van der Waals surface area contributed by atoms with Crippen LogP contribution in [0.15, 0.2) is 24.3 Å². The highest BCUT2D eigenvalue weighted by Gasteiger charge is 2.43. The number of hydrogen-bond acceptors (Lipinski definition) is 4. The van der Waals surface area contributed by atoms with E-state index >= 15 is 0 Å². The Morgan fingerprint density at radius 3 is 2.50 bits per heavy atom. The molecule has 1 fully saturated rings. The van der Waals surface area contributed by atoms with Gasteiger partial charge in [0, 0.05) is 12.6 Å². The maximum absolute atomic E-state index is 11.8. The average Bonchev–Trinajstić information content (AvgIpc) is 3.11. The van der Waals surface area contributed by atoms with E-state index in [1.54, 1.807) is 0 Å². The quantitative estimate of drug-likeness (QED) is 0.381. The second-order valence-electron chi connectivity index (χ2n) is 7.15. The van der Waals surface area contributed by atoms with E-state index in [4.69, 9.17) is 4.89 Å². The molecule has 6 heteroatoms. The molecule has 3 atom stereocenters. The normalized spacial score (nSPS) is 20.3. The third kappa shape index (κ3) is 6.88. The van der Waals surface area contributed by atoms with Gasteiger partial charge in [0.2, 0.25) is 0 Å². The zero-order valence-corrected chi connectivity index (χ0v) is 16.6. The van der Waals surface area contributed by atoms with Crippen molar-refractivity contribution < 1.29 is 14.3 Å². The summed E-state index contributed by atoms with van der Waals surface area (Å²) in [6.07, 6.45) is 9.80. The van der Waals surface area contributed by atoms with Gasteiger partial charge in [-0.05, 0) is 41.5 Å². The van der Waals surface area contributed by atoms with E-state index in [9.17, 15) is 9.36 Å². The number of hydrogen-bond donors (Lipinski definition) is 3. The van der Waals surface area contributed by atoms with Crippen molar-refractivity contribution >= 4 is 13.6 Å². The smallest absolute Gasteiger partial charge is 0.308 e. The molecule has 0 saturated carbocycles. The summed E-state index contributed by atoms with van der Waals surface area (Å²) in [6, 6.07) is 7.98. The first-order valence-corrected chi connectivity index (χ1v) is 11.1. The number of nitrogens with one attached hydrogen (secondary N) is 2. The Bertz CT molecular complexity index is 577. The second-order valence-corrected chi connectivity index (χ2v) is 8.14. The third-order valence-corrected chi connectivity index (χ3v) is 5.74. The van der Waals surface area contributed by atoms with Gasteiger partial charge in [-0.15, -0.1) is 0 Å². The van der Waals surface area contributed by atoms with E-state index in [1.165, 1.54) is 49.7 Å². The van der Waals surface area contributed by atoms with Crippen LogP contribution in [0.25, 0.3) is 0 Å². The van der Waals surface area contributed by atoms with Crippen molar-refractivity contribution in [2.75, 3.05) is 6.54 Å². The first-order valence-electron chi connectivity index (χ1n) is 9.86. The minimum atomic E-state index is -2.77. The lowest BCUT2D eigenvalue weighted by Gasteiger charge is -2.16. The molecule has 3 N–H and O–H groups in total. The van der Waals surface area contributed by atoms with E-state index in [2.05, 4.69) is 41.8 Å². The number of carbonyl (C=O) groups excluding carboxylic acids is 1. The summed E-state index contributed by atoms with van der Waals surface area (Å²) in [7, 11) is -2.77. The zero-order chi connectivity index (χ0) is 18.8. The third-order valence-electron chi connectivity index (χ3n) is 5.09. The van der Waals surface area contributed by atoms with Crippen LogP contribution in [0.2, 0.25) is 0 Å². The van der Waals surface area contributed by atoms with Crippen LogP contribution in [-0.2, 0) is 22.3 Å². The van der Waals surface area contributed by atoms with Crippen molar-refractivity contribution in [1.82, 2.24) is 10.6 Å². The molecule has 26 heavy (non-hydrogen) atoms. The Balaban J connectivity index is 1.71. The van der Waals surface area contributed by atoms with E-state index in [0.717, 1.165) is 12.8 Å². The van der Waals surface area contributed by atoms with E-state index < -0.39 is 19.6 Å². The van der Waals surface area contributed by atoms with Crippen molar-refractivity contribution in [2.45, 2.75) is 76.9 Å². The summed E-state index contributed by atoms with van der Waals surface area (Å²) in [6.45, 7) is 3.59. The number of benzene rings is 1. The number of aryl methyl sites for hydroxylation is 1. The Morgan fingerprint density at radius 2 is 1.81 bits per heavy atom. The molecule has 0 aliphatic carbocycles. The van der Waals surface area contributed by atoms with E-state index in [-0.39, 0.29) is 6.04 Å². The zero-order valence-electron chi connectivity index (χ0n) is 15.7. The Labute approximate surface area is 157 Å². The highest BCUT2D eigenvalue weighted by molar-refractivity contribution is 7.58. The Morgan fingerprint density at radius 1 is 1.15 bits per heavy atom. The molecule has 144 valence electrons. The van der Waals surface area contributed by atoms with Crippen LogP contribution in [0.5, 0.6) is 0 Å². The van der Waals surface area contributed by atoms with Crippen molar-refractivity contribution in [3.63, 3.8) is 0 Å². The highest BCUT2D eigenvalue weighted by Crippen LogP contribution is 2.22. The van der Waals surface area contributed by atoms with Crippen LogP contribution in [-0.4, -0.2) is 29.0 Å². The lowest BCUT2D eigenvalue weighted by Crippen LogP contribution is -2.44. The van der Waals surface area contributed by atoms with Gasteiger partial charge in [0.05, 0.1) is 0 Å². The van der Waals surface area contributed by atoms with E-state index in [0.29, 0.717) is 13.1 Å². The second kappa shape index (κ2) is 11.6. The molecule has 1 saturated heterocycles. The van der Waals surface area contributed by atoms with Gasteiger partial charge in [0.25, 0.3) is 0 Å². The summed E-state index contributed by atoms with van der Waals surface area (Å²) in [5.74, 6) is 0. The molecule has 0 aromatic heterocycles. The minimum absolute atomic E-state index is 0.0867. The molecular weight excluding hydrogens is 347 g/mol. The average molecular weight is 379 g/mol. The van der Waals surface area contributed by atoms with Crippen LogP contribution in [0.1, 0.15) is 63.0 Å². The Kier molecular flexibility index (Phi) is 9.41. The summed E-state index contributed by atoms with van der Waals surface area (Å²) >= 11 is 0. The summed E-state index contributed by atoms with van der Waals surface area (Å²) in [5, 5.41) is 6.37. The molecule has 0 radical (unpaired) electrons. The van der Waals surface area contributed by atoms with Gasteiger partial charge >= 0.3 is 13.6 Å². The van der Waals surface area contributed by atoms with E-state index in [1.807, 2.05) is 0 Å². The van der Waals surface area contributed by atoms with Crippen LogP contribution in [0, 0.1) is 0 Å². The lowest BCUT2D eigenvalue weighted by atomic mass is 10.0. The summed E-state index contributed by atoms with van der Waals surface area (Å²) in [5.41, 5.74) is 1.93. The summed E-state index contributed by atoms with van der Waals surface area (Å²) < 4.78 is 11.0. The molecule has 1 aliphatic rings.